The number of amides is 2. The lowest BCUT2D eigenvalue weighted by atomic mass is 9.81. The molecule has 21 heavy (non-hydrogen) atoms. The van der Waals surface area contributed by atoms with Gasteiger partial charge in [0.25, 0.3) is 0 Å². The minimum atomic E-state index is -1.22. The summed E-state index contributed by atoms with van der Waals surface area (Å²) < 4.78 is 0. The summed E-state index contributed by atoms with van der Waals surface area (Å²) in [6, 6.07) is 4.16. The van der Waals surface area contributed by atoms with Gasteiger partial charge < -0.3 is 10.8 Å². The number of aromatic carboxylic acids is 1. The Morgan fingerprint density at radius 3 is 2.43 bits per heavy atom. The number of hydrogen-bond acceptors (Lipinski definition) is 4. The van der Waals surface area contributed by atoms with Crippen LogP contribution in [0.3, 0.4) is 0 Å². The summed E-state index contributed by atoms with van der Waals surface area (Å²) in [5.41, 5.74) is 5.08. The third-order valence-electron chi connectivity index (χ3n) is 4.24. The third kappa shape index (κ3) is 2.26. The topological polar surface area (TPSA) is 101 Å². The van der Waals surface area contributed by atoms with Gasteiger partial charge >= 0.3 is 5.97 Å². The van der Waals surface area contributed by atoms with Gasteiger partial charge in [0.05, 0.1) is 16.7 Å². The quantitative estimate of drug-likeness (QED) is 0.652. The maximum Gasteiger partial charge on any atom is 0.337 e. The number of carbonyl (C=O) groups is 3. The summed E-state index contributed by atoms with van der Waals surface area (Å²) in [6.07, 6.45) is 1.20. The van der Waals surface area contributed by atoms with Crippen LogP contribution in [0.25, 0.3) is 0 Å². The van der Waals surface area contributed by atoms with E-state index >= 15 is 0 Å². The molecule has 1 heterocycles. The fourth-order valence-corrected chi connectivity index (χ4v) is 2.76. The smallest absolute Gasteiger partial charge is 0.337 e. The highest BCUT2D eigenvalue weighted by Gasteiger charge is 2.50. The molecule has 1 fully saturated rings. The zero-order valence-corrected chi connectivity index (χ0v) is 12.0. The van der Waals surface area contributed by atoms with E-state index in [-0.39, 0.29) is 35.2 Å². The van der Waals surface area contributed by atoms with Crippen molar-refractivity contribution in [2.45, 2.75) is 33.1 Å². The predicted molar refractivity (Wildman–Crippen MR) is 77.9 cm³/mol. The number of imide groups is 1. The average molecular weight is 290 g/mol. The standard InChI is InChI=1S/C15H18N2O4/c1-3-15(4-2)8-12(18)17(14(15)21)11-6-5-9(16)7-10(11)13(19)20/h5-7H,3-4,8,16H2,1-2H3,(H,19,20). The number of carbonyl (C=O) groups excluding carboxylic acids is 2. The highest BCUT2D eigenvalue weighted by Crippen LogP contribution is 2.42. The van der Waals surface area contributed by atoms with Crippen molar-refractivity contribution >= 4 is 29.2 Å². The second-order valence-corrected chi connectivity index (χ2v) is 5.28. The van der Waals surface area contributed by atoms with Crippen molar-refractivity contribution in [3.63, 3.8) is 0 Å². The van der Waals surface area contributed by atoms with E-state index in [4.69, 9.17) is 5.73 Å². The number of carboxylic acids is 1. The van der Waals surface area contributed by atoms with Crippen LogP contribution in [-0.4, -0.2) is 22.9 Å². The summed E-state index contributed by atoms with van der Waals surface area (Å²) in [4.78, 5) is 37.2. The normalized spacial score (nSPS) is 17.3. The first kappa shape index (κ1) is 15.0. The van der Waals surface area contributed by atoms with Gasteiger partial charge in [-0.25, -0.2) is 9.69 Å². The van der Waals surface area contributed by atoms with Crippen molar-refractivity contribution in [2.24, 2.45) is 5.41 Å². The van der Waals surface area contributed by atoms with Gasteiger partial charge in [0.15, 0.2) is 0 Å². The van der Waals surface area contributed by atoms with E-state index in [0.29, 0.717) is 12.8 Å². The number of nitrogens with two attached hydrogens (primary N) is 1. The van der Waals surface area contributed by atoms with Crippen molar-refractivity contribution in [3.8, 4) is 0 Å². The van der Waals surface area contributed by atoms with Gasteiger partial charge in [0, 0.05) is 12.1 Å². The number of nitrogens with zero attached hydrogens (tertiary/aromatic N) is 1. The maximum atomic E-state index is 12.6. The number of carboxylic acid groups (broad SMARTS) is 1. The lowest BCUT2D eigenvalue weighted by Gasteiger charge is -2.24. The molecule has 1 aromatic rings. The molecule has 0 radical (unpaired) electrons. The molecular weight excluding hydrogens is 272 g/mol. The monoisotopic (exact) mass is 290 g/mol. The first-order valence-corrected chi connectivity index (χ1v) is 6.86. The lowest BCUT2D eigenvalue weighted by Crippen LogP contribution is -2.36. The Kier molecular flexibility index (Phi) is 3.72. The van der Waals surface area contributed by atoms with E-state index in [1.165, 1.54) is 18.2 Å². The Morgan fingerprint density at radius 1 is 1.33 bits per heavy atom. The second kappa shape index (κ2) is 5.20. The molecule has 0 aromatic heterocycles. The molecule has 2 amide bonds. The minimum Gasteiger partial charge on any atom is -0.478 e. The predicted octanol–water partition coefficient (Wildman–Crippen LogP) is 2.04. The van der Waals surface area contributed by atoms with Crippen LogP contribution >= 0.6 is 0 Å². The largest absolute Gasteiger partial charge is 0.478 e. The molecule has 6 nitrogen and oxygen atoms in total. The van der Waals surface area contributed by atoms with E-state index in [1.54, 1.807) is 0 Å². The van der Waals surface area contributed by atoms with Crippen molar-refractivity contribution in [2.75, 3.05) is 10.6 Å². The fourth-order valence-electron chi connectivity index (χ4n) is 2.76. The van der Waals surface area contributed by atoms with Crippen molar-refractivity contribution in [1.29, 1.82) is 0 Å². The van der Waals surface area contributed by atoms with Crippen LogP contribution in [0, 0.1) is 5.41 Å². The van der Waals surface area contributed by atoms with Gasteiger partial charge in [-0.05, 0) is 31.0 Å². The van der Waals surface area contributed by atoms with Crippen molar-refractivity contribution in [1.82, 2.24) is 0 Å². The van der Waals surface area contributed by atoms with E-state index < -0.39 is 11.4 Å². The number of hydrogen-bond donors (Lipinski definition) is 2. The number of nitrogen functional groups attached to an aromatic ring is 1. The van der Waals surface area contributed by atoms with E-state index in [1.807, 2.05) is 13.8 Å². The van der Waals surface area contributed by atoms with Crippen LogP contribution in [0.15, 0.2) is 18.2 Å². The van der Waals surface area contributed by atoms with Gasteiger partial charge in [-0.15, -0.1) is 0 Å². The molecular formula is C15H18N2O4. The molecule has 0 aliphatic carbocycles. The van der Waals surface area contributed by atoms with Crippen LogP contribution in [0.4, 0.5) is 11.4 Å². The summed E-state index contributed by atoms with van der Waals surface area (Å²) in [5.74, 6) is -1.91. The van der Waals surface area contributed by atoms with Gasteiger partial charge in [0.1, 0.15) is 0 Å². The molecule has 1 aliphatic heterocycles. The Labute approximate surface area is 122 Å². The molecule has 0 spiro atoms. The van der Waals surface area contributed by atoms with Crippen LogP contribution in [0.1, 0.15) is 43.5 Å². The molecule has 0 bridgehead atoms. The Morgan fingerprint density at radius 2 is 1.95 bits per heavy atom. The molecule has 0 unspecified atom stereocenters. The van der Waals surface area contributed by atoms with E-state index in [0.717, 1.165) is 4.90 Å². The van der Waals surface area contributed by atoms with Crippen LogP contribution in [-0.2, 0) is 9.59 Å². The van der Waals surface area contributed by atoms with E-state index in [2.05, 4.69) is 0 Å². The zero-order chi connectivity index (χ0) is 15.8. The molecule has 112 valence electrons. The summed E-state index contributed by atoms with van der Waals surface area (Å²) in [5, 5.41) is 9.26. The van der Waals surface area contributed by atoms with E-state index in [9.17, 15) is 19.5 Å². The number of anilines is 2. The lowest BCUT2D eigenvalue weighted by molar-refractivity contribution is -0.126. The van der Waals surface area contributed by atoms with Crippen molar-refractivity contribution in [3.05, 3.63) is 23.8 Å². The Balaban J connectivity index is 2.55. The molecule has 1 aliphatic rings. The van der Waals surface area contributed by atoms with Crippen LogP contribution in [0.2, 0.25) is 0 Å². The molecule has 0 saturated carbocycles. The molecule has 1 saturated heterocycles. The molecule has 2 rings (SSSR count). The minimum absolute atomic E-state index is 0.0930. The van der Waals surface area contributed by atoms with Gasteiger partial charge in [-0.2, -0.15) is 0 Å². The average Bonchev–Trinajstić information content (AvgIpc) is 2.70. The first-order chi connectivity index (χ1) is 9.86. The van der Waals surface area contributed by atoms with Crippen LogP contribution in [0.5, 0.6) is 0 Å². The highest BCUT2D eigenvalue weighted by molar-refractivity contribution is 6.24. The number of benzene rings is 1. The van der Waals surface area contributed by atoms with Gasteiger partial charge in [-0.1, -0.05) is 13.8 Å². The molecule has 0 atom stereocenters. The molecule has 3 N–H and O–H groups in total. The van der Waals surface area contributed by atoms with Crippen LogP contribution < -0.4 is 10.6 Å². The fraction of sp³-hybridized carbons (Fsp3) is 0.400. The van der Waals surface area contributed by atoms with Gasteiger partial charge in [-0.3, -0.25) is 9.59 Å². The summed E-state index contributed by atoms with van der Waals surface area (Å²) in [6.45, 7) is 3.72. The Bertz CT molecular complexity index is 620. The summed E-state index contributed by atoms with van der Waals surface area (Å²) in [7, 11) is 0. The zero-order valence-electron chi connectivity index (χ0n) is 12.0. The highest BCUT2D eigenvalue weighted by atomic mass is 16.4. The second-order valence-electron chi connectivity index (χ2n) is 5.28. The first-order valence-electron chi connectivity index (χ1n) is 6.86. The van der Waals surface area contributed by atoms with Gasteiger partial charge in [0.2, 0.25) is 11.8 Å². The molecule has 6 heteroatoms. The third-order valence-corrected chi connectivity index (χ3v) is 4.24. The maximum absolute atomic E-state index is 12.6. The van der Waals surface area contributed by atoms with Crippen molar-refractivity contribution < 1.29 is 19.5 Å². The number of rotatable bonds is 4. The summed E-state index contributed by atoms with van der Waals surface area (Å²) >= 11 is 0. The SMILES string of the molecule is CCC1(CC)CC(=O)N(c2ccc(N)cc2C(=O)O)C1=O. The molecule has 1 aromatic carbocycles. The Hall–Kier alpha value is -2.37.